The molecule has 0 aromatic rings. The summed E-state index contributed by atoms with van der Waals surface area (Å²) in [7, 11) is 1.64. The van der Waals surface area contributed by atoms with Crippen LogP contribution in [0.5, 0.6) is 0 Å². The molecule has 0 radical (unpaired) electrons. The number of likely N-dealkylation sites (N-methyl/N-ethyl adjacent to an activating group) is 1. The number of nitrogens with zero attached hydrogens (tertiary/aromatic N) is 1. The van der Waals surface area contributed by atoms with Gasteiger partial charge < -0.3 is 20.5 Å². The lowest BCUT2D eigenvalue weighted by Crippen LogP contribution is -2.59. The van der Waals surface area contributed by atoms with Gasteiger partial charge in [0.15, 0.2) is 0 Å². The quantitative estimate of drug-likeness (QED) is 0.785. The topological polar surface area (TPSA) is 92.9 Å². The molecular weight excluding hydrogens is 260 g/mol. The summed E-state index contributed by atoms with van der Waals surface area (Å²) < 4.78 is 5.23. The van der Waals surface area contributed by atoms with Crippen LogP contribution in [0.3, 0.4) is 0 Å². The minimum Gasteiger partial charge on any atom is -0.481 e. The zero-order chi connectivity index (χ0) is 14.9. The number of hydrogen-bond donors (Lipinski definition) is 2. The second-order valence-corrected chi connectivity index (χ2v) is 6.32. The van der Waals surface area contributed by atoms with Gasteiger partial charge in [-0.2, -0.15) is 0 Å². The molecule has 1 aliphatic carbocycles. The van der Waals surface area contributed by atoms with Crippen LogP contribution in [-0.2, 0) is 14.3 Å². The van der Waals surface area contributed by atoms with E-state index in [1.54, 1.807) is 7.05 Å². The average Bonchev–Trinajstić information content (AvgIpc) is 2.86. The summed E-state index contributed by atoms with van der Waals surface area (Å²) in [6.07, 6.45) is 3.38. The van der Waals surface area contributed by atoms with Gasteiger partial charge in [-0.1, -0.05) is 19.8 Å². The van der Waals surface area contributed by atoms with Crippen LogP contribution >= 0.6 is 0 Å². The number of ether oxygens (including phenoxy) is 1. The highest BCUT2D eigenvalue weighted by Crippen LogP contribution is 2.33. The molecule has 2 rings (SSSR count). The number of nitrogens with two attached hydrogens (primary N) is 1. The molecule has 1 amide bonds. The molecule has 4 unspecified atom stereocenters. The Hall–Kier alpha value is -1.14. The minimum absolute atomic E-state index is 0.147. The van der Waals surface area contributed by atoms with Crippen LogP contribution in [0.15, 0.2) is 0 Å². The summed E-state index contributed by atoms with van der Waals surface area (Å²) in [6, 6.07) is -0.419. The van der Waals surface area contributed by atoms with Gasteiger partial charge >= 0.3 is 5.97 Å². The molecule has 3 N–H and O–H groups in total. The van der Waals surface area contributed by atoms with Gasteiger partial charge in [0.25, 0.3) is 0 Å². The van der Waals surface area contributed by atoms with Gasteiger partial charge in [0, 0.05) is 7.05 Å². The Morgan fingerprint density at radius 3 is 2.70 bits per heavy atom. The van der Waals surface area contributed by atoms with E-state index < -0.39 is 23.5 Å². The van der Waals surface area contributed by atoms with Crippen LogP contribution in [-0.4, -0.2) is 53.7 Å². The van der Waals surface area contributed by atoms with Crippen molar-refractivity contribution in [2.24, 2.45) is 17.6 Å². The Morgan fingerprint density at radius 1 is 1.40 bits per heavy atom. The molecule has 2 aliphatic rings. The molecule has 1 aliphatic heterocycles. The third kappa shape index (κ3) is 2.81. The number of carbonyl (C=O) groups excluding carboxylic acids is 1. The van der Waals surface area contributed by atoms with Crippen molar-refractivity contribution in [3.63, 3.8) is 0 Å². The highest BCUT2D eigenvalue weighted by atomic mass is 16.5. The predicted octanol–water partition coefficient (Wildman–Crippen LogP) is 0.452. The van der Waals surface area contributed by atoms with E-state index in [1.807, 2.05) is 0 Å². The van der Waals surface area contributed by atoms with Crippen molar-refractivity contribution >= 4 is 11.9 Å². The van der Waals surface area contributed by atoms with Crippen LogP contribution in [0, 0.1) is 11.8 Å². The van der Waals surface area contributed by atoms with Crippen LogP contribution < -0.4 is 5.73 Å². The number of carboxylic acid groups (broad SMARTS) is 1. The fourth-order valence-electron chi connectivity index (χ4n) is 3.45. The number of carboxylic acids is 1. The van der Waals surface area contributed by atoms with Crippen LogP contribution in [0.4, 0.5) is 0 Å². The van der Waals surface area contributed by atoms with Crippen LogP contribution in [0.1, 0.15) is 32.6 Å². The van der Waals surface area contributed by atoms with Gasteiger partial charge in [0.1, 0.15) is 5.92 Å². The first kappa shape index (κ1) is 15.3. The molecule has 0 spiro atoms. The molecule has 6 heteroatoms. The molecule has 1 saturated carbocycles. The van der Waals surface area contributed by atoms with Crippen molar-refractivity contribution in [2.45, 2.75) is 44.2 Å². The summed E-state index contributed by atoms with van der Waals surface area (Å²) in [5.74, 6) is -1.30. The first-order valence-corrected chi connectivity index (χ1v) is 7.22. The number of hydrogen-bond acceptors (Lipinski definition) is 4. The number of carbonyl (C=O) groups is 2. The number of aliphatic carboxylic acids is 1. The van der Waals surface area contributed by atoms with Gasteiger partial charge in [-0.15, -0.1) is 0 Å². The Bertz CT molecular complexity index is 401. The molecule has 0 aromatic heterocycles. The molecule has 114 valence electrons. The van der Waals surface area contributed by atoms with Crippen molar-refractivity contribution in [3.8, 4) is 0 Å². The normalized spacial score (nSPS) is 37.6. The van der Waals surface area contributed by atoms with Crippen LogP contribution in [0.2, 0.25) is 0 Å². The average molecular weight is 284 g/mol. The lowest BCUT2D eigenvalue weighted by Gasteiger charge is -2.40. The molecule has 1 saturated heterocycles. The van der Waals surface area contributed by atoms with Gasteiger partial charge in [0.05, 0.1) is 24.8 Å². The first-order valence-electron chi connectivity index (χ1n) is 7.22. The third-order valence-corrected chi connectivity index (χ3v) is 4.64. The zero-order valence-electron chi connectivity index (χ0n) is 12.2. The second-order valence-electron chi connectivity index (χ2n) is 6.32. The standard InChI is InChI=1S/C14H24N2O4/c1-9-4-3-5-14(15,6-9)13(19)16(2)11-8-20-7-10(11)12(17)18/h9-11H,3-8,15H2,1-2H3,(H,17,18). The Labute approximate surface area is 119 Å². The summed E-state index contributed by atoms with van der Waals surface area (Å²) in [5.41, 5.74) is 5.45. The van der Waals surface area contributed by atoms with E-state index in [-0.39, 0.29) is 19.1 Å². The van der Waals surface area contributed by atoms with E-state index in [2.05, 4.69) is 6.92 Å². The maximum absolute atomic E-state index is 12.7. The summed E-state index contributed by atoms with van der Waals surface area (Å²) in [6.45, 7) is 2.53. The van der Waals surface area contributed by atoms with Crippen molar-refractivity contribution < 1.29 is 19.4 Å². The molecule has 2 fully saturated rings. The maximum atomic E-state index is 12.7. The van der Waals surface area contributed by atoms with E-state index in [4.69, 9.17) is 10.5 Å². The Balaban J connectivity index is 2.09. The van der Waals surface area contributed by atoms with E-state index in [9.17, 15) is 14.7 Å². The summed E-state index contributed by atoms with van der Waals surface area (Å²) in [5, 5.41) is 9.18. The Kier molecular flexibility index (Phi) is 4.34. The summed E-state index contributed by atoms with van der Waals surface area (Å²) in [4.78, 5) is 25.4. The highest BCUT2D eigenvalue weighted by Gasteiger charge is 2.45. The van der Waals surface area contributed by atoms with Gasteiger partial charge in [-0.05, 0) is 18.8 Å². The minimum atomic E-state index is -0.921. The molecule has 6 nitrogen and oxygen atoms in total. The zero-order valence-corrected chi connectivity index (χ0v) is 12.2. The number of amides is 1. The monoisotopic (exact) mass is 284 g/mol. The lowest BCUT2D eigenvalue weighted by atomic mass is 9.76. The third-order valence-electron chi connectivity index (χ3n) is 4.64. The van der Waals surface area contributed by atoms with E-state index in [0.29, 0.717) is 18.8 Å². The maximum Gasteiger partial charge on any atom is 0.311 e. The van der Waals surface area contributed by atoms with Gasteiger partial charge in [-0.3, -0.25) is 9.59 Å². The SMILES string of the molecule is CC1CCCC(N)(C(=O)N(C)C2COCC2C(=O)O)C1. The van der Waals surface area contributed by atoms with E-state index in [0.717, 1.165) is 12.8 Å². The molecule has 0 aromatic carbocycles. The smallest absolute Gasteiger partial charge is 0.311 e. The van der Waals surface area contributed by atoms with Gasteiger partial charge in [-0.25, -0.2) is 0 Å². The van der Waals surface area contributed by atoms with Crippen molar-refractivity contribution in [1.29, 1.82) is 0 Å². The molecule has 20 heavy (non-hydrogen) atoms. The second kappa shape index (κ2) is 5.69. The molecule has 4 atom stereocenters. The van der Waals surface area contributed by atoms with E-state index >= 15 is 0 Å². The Morgan fingerprint density at radius 2 is 2.10 bits per heavy atom. The number of rotatable bonds is 3. The fourth-order valence-corrected chi connectivity index (χ4v) is 3.45. The van der Waals surface area contributed by atoms with Crippen LogP contribution in [0.25, 0.3) is 0 Å². The van der Waals surface area contributed by atoms with Crippen molar-refractivity contribution in [2.75, 3.05) is 20.3 Å². The lowest BCUT2D eigenvalue weighted by molar-refractivity contribution is -0.146. The molecule has 0 bridgehead atoms. The summed E-state index contributed by atoms with van der Waals surface area (Å²) >= 11 is 0. The van der Waals surface area contributed by atoms with Gasteiger partial charge in [0.2, 0.25) is 5.91 Å². The molecule has 1 heterocycles. The van der Waals surface area contributed by atoms with Crippen molar-refractivity contribution in [3.05, 3.63) is 0 Å². The highest BCUT2D eigenvalue weighted by molar-refractivity contribution is 5.87. The fraction of sp³-hybridized carbons (Fsp3) is 0.857. The largest absolute Gasteiger partial charge is 0.481 e. The molecular formula is C14H24N2O4. The van der Waals surface area contributed by atoms with E-state index in [1.165, 1.54) is 4.90 Å². The van der Waals surface area contributed by atoms with Crippen molar-refractivity contribution in [1.82, 2.24) is 4.90 Å². The first-order chi connectivity index (χ1) is 9.35. The predicted molar refractivity (Wildman–Crippen MR) is 73.1 cm³/mol.